The van der Waals surface area contributed by atoms with Crippen molar-refractivity contribution in [3.8, 4) is 22.5 Å². The first-order valence-corrected chi connectivity index (χ1v) is 6.96. The summed E-state index contributed by atoms with van der Waals surface area (Å²) in [6, 6.07) is 21.2. The van der Waals surface area contributed by atoms with Crippen LogP contribution >= 0.6 is 0 Å². The molecule has 1 N–H and O–H groups in total. The third kappa shape index (κ3) is 2.02. The molecule has 22 heavy (non-hydrogen) atoms. The fourth-order valence-electron chi connectivity index (χ4n) is 2.55. The van der Waals surface area contributed by atoms with Crippen LogP contribution in [0.1, 0.15) is 0 Å². The molecule has 4 nitrogen and oxygen atoms in total. The number of hydrogen-bond acceptors (Lipinski definition) is 3. The average molecular weight is 288 g/mol. The standard InChI is InChI=1S/C18H12N2O2/c21-18-16(17(20-22-18)13-7-2-1-3-8-13)15-11-10-12-6-4-5-9-14(12)19-15/h1-11,20H. The third-order valence-electron chi connectivity index (χ3n) is 3.62. The number of rotatable bonds is 2. The van der Waals surface area contributed by atoms with Gasteiger partial charge in [-0.15, -0.1) is 0 Å². The molecule has 4 heteroatoms. The van der Waals surface area contributed by atoms with E-state index >= 15 is 0 Å². The van der Waals surface area contributed by atoms with Crippen LogP contribution in [0.2, 0.25) is 0 Å². The van der Waals surface area contributed by atoms with Crippen molar-refractivity contribution < 1.29 is 4.52 Å². The summed E-state index contributed by atoms with van der Waals surface area (Å²) in [6.07, 6.45) is 0. The van der Waals surface area contributed by atoms with E-state index in [0.717, 1.165) is 16.5 Å². The van der Waals surface area contributed by atoms with Gasteiger partial charge in [0.2, 0.25) is 0 Å². The van der Waals surface area contributed by atoms with Gasteiger partial charge >= 0.3 is 5.63 Å². The van der Waals surface area contributed by atoms with Gasteiger partial charge in [-0.1, -0.05) is 54.6 Å². The van der Waals surface area contributed by atoms with Crippen molar-refractivity contribution in [1.82, 2.24) is 10.1 Å². The minimum Gasteiger partial charge on any atom is -0.338 e. The average Bonchev–Trinajstić information content (AvgIpc) is 2.97. The van der Waals surface area contributed by atoms with Crippen LogP contribution in [-0.4, -0.2) is 10.1 Å². The fourth-order valence-corrected chi connectivity index (χ4v) is 2.55. The second kappa shape index (κ2) is 5.00. The first-order chi connectivity index (χ1) is 10.8. The van der Waals surface area contributed by atoms with Crippen LogP contribution in [-0.2, 0) is 0 Å². The van der Waals surface area contributed by atoms with Crippen molar-refractivity contribution in [3.63, 3.8) is 0 Å². The van der Waals surface area contributed by atoms with E-state index in [1.165, 1.54) is 0 Å². The minimum atomic E-state index is -0.415. The summed E-state index contributed by atoms with van der Waals surface area (Å²) in [5.41, 5.74) is 3.03. The van der Waals surface area contributed by atoms with Crippen molar-refractivity contribution in [1.29, 1.82) is 0 Å². The van der Waals surface area contributed by atoms with E-state index in [-0.39, 0.29) is 0 Å². The molecule has 0 aliphatic heterocycles. The van der Waals surface area contributed by atoms with Crippen molar-refractivity contribution >= 4 is 10.9 Å². The molecule has 0 bridgehead atoms. The number of nitrogens with one attached hydrogen (secondary N) is 1. The highest BCUT2D eigenvalue weighted by Gasteiger charge is 2.17. The molecule has 0 amide bonds. The monoisotopic (exact) mass is 288 g/mol. The van der Waals surface area contributed by atoms with Crippen molar-refractivity contribution in [2.45, 2.75) is 0 Å². The molecule has 0 fully saturated rings. The smallest absolute Gasteiger partial charge is 0.338 e. The van der Waals surface area contributed by atoms with Crippen LogP contribution in [0.4, 0.5) is 0 Å². The molecule has 4 rings (SSSR count). The molecule has 106 valence electrons. The lowest BCUT2D eigenvalue weighted by Crippen LogP contribution is -1.99. The largest absolute Gasteiger partial charge is 0.367 e. The summed E-state index contributed by atoms with van der Waals surface area (Å²) in [4.78, 5) is 16.7. The number of aromatic amines is 1. The van der Waals surface area contributed by atoms with Gasteiger partial charge in [-0.05, 0) is 12.1 Å². The summed E-state index contributed by atoms with van der Waals surface area (Å²) >= 11 is 0. The van der Waals surface area contributed by atoms with Gasteiger partial charge < -0.3 is 4.52 Å². The van der Waals surface area contributed by atoms with Crippen LogP contribution in [0.3, 0.4) is 0 Å². The lowest BCUT2D eigenvalue weighted by molar-refractivity contribution is 0.394. The van der Waals surface area contributed by atoms with E-state index in [0.29, 0.717) is 17.0 Å². The number of nitrogens with zero attached hydrogens (tertiary/aromatic N) is 1. The van der Waals surface area contributed by atoms with Crippen LogP contribution in [0.5, 0.6) is 0 Å². The van der Waals surface area contributed by atoms with Gasteiger partial charge in [0.1, 0.15) is 5.56 Å². The molecule has 0 saturated carbocycles. The minimum absolute atomic E-state index is 0.415. The van der Waals surface area contributed by atoms with Crippen LogP contribution < -0.4 is 5.63 Å². The topological polar surface area (TPSA) is 58.9 Å². The lowest BCUT2D eigenvalue weighted by atomic mass is 10.0. The first kappa shape index (κ1) is 12.6. The van der Waals surface area contributed by atoms with Gasteiger partial charge in [-0.25, -0.2) is 14.9 Å². The zero-order valence-corrected chi connectivity index (χ0v) is 11.6. The van der Waals surface area contributed by atoms with Crippen LogP contribution in [0, 0.1) is 0 Å². The molecule has 0 spiro atoms. The maximum atomic E-state index is 12.1. The predicted octanol–water partition coefficient (Wildman–Crippen LogP) is 3.85. The highest BCUT2D eigenvalue weighted by atomic mass is 16.5. The second-order valence-electron chi connectivity index (χ2n) is 5.00. The van der Waals surface area contributed by atoms with Crippen molar-refractivity contribution in [3.05, 3.63) is 77.2 Å². The Labute approximate surface area is 126 Å². The second-order valence-corrected chi connectivity index (χ2v) is 5.00. The first-order valence-electron chi connectivity index (χ1n) is 6.96. The quantitative estimate of drug-likeness (QED) is 0.609. The van der Waals surface area contributed by atoms with E-state index in [1.54, 1.807) is 0 Å². The molecule has 2 heterocycles. The number of benzene rings is 2. The highest BCUT2D eigenvalue weighted by Crippen LogP contribution is 2.27. The van der Waals surface area contributed by atoms with Crippen molar-refractivity contribution in [2.24, 2.45) is 0 Å². The fraction of sp³-hybridized carbons (Fsp3) is 0. The molecule has 0 atom stereocenters. The summed E-state index contributed by atoms with van der Waals surface area (Å²) < 4.78 is 5.00. The molecule has 4 aromatic rings. The molecule has 0 saturated heterocycles. The number of H-pyrrole nitrogens is 1. The van der Waals surface area contributed by atoms with Gasteiger partial charge in [0.05, 0.1) is 16.9 Å². The molecule has 2 aromatic carbocycles. The zero-order chi connectivity index (χ0) is 14.9. The molecule has 0 radical (unpaired) electrons. The summed E-state index contributed by atoms with van der Waals surface area (Å²) in [7, 11) is 0. The van der Waals surface area contributed by atoms with Gasteiger partial charge in [0.25, 0.3) is 0 Å². The summed E-state index contributed by atoms with van der Waals surface area (Å²) in [6.45, 7) is 0. The molecule has 0 unspecified atom stereocenters. The SMILES string of the molecule is O=c1o[nH]c(-c2ccccc2)c1-c1ccc2ccccc2n1. The van der Waals surface area contributed by atoms with E-state index in [2.05, 4.69) is 10.1 Å². The maximum absolute atomic E-state index is 12.1. The van der Waals surface area contributed by atoms with Crippen LogP contribution in [0.15, 0.2) is 76.0 Å². The van der Waals surface area contributed by atoms with Gasteiger partial charge in [0.15, 0.2) is 0 Å². The van der Waals surface area contributed by atoms with Gasteiger partial charge in [-0.3, -0.25) is 0 Å². The zero-order valence-electron chi connectivity index (χ0n) is 11.6. The summed E-state index contributed by atoms with van der Waals surface area (Å²) in [5, 5.41) is 3.74. The maximum Gasteiger partial charge on any atom is 0.367 e. The molecular weight excluding hydrogens is 276 g/mol. The number of fused-ring (bicyclic) bond motifs is 1. The van der Waals surface area contributed by atoms with E-state index in [4.69, 9.17) is 4.52 Å². The Morgan fingerprint density at radius 3 is 2.50 bits per heavy atom. The van der Waals surface area contributed by atoms with Gasteiger partial charge in [0, 0.05) is 10.9 Å². The third-order valence-corrected chi connectivity index (χ3v) is 3.62. The molecule has 0 aliphatic carbocycles. The number of pyridine rings is 1. The Balaban J connectivity index is 1.95. The van der Waals surface area contributed by atoms with E-state index < -0.39 is 5.63 Å². The Morgan fingerprint density at radius 1 is 0.864 bits per heavy atom. The Hall–Kier alpha value is -3.14. The number of aromatic nitrogens is 2. The highest BCUT2D eigenvalue weighted by molar-refractivity contribution is 5.84. The number of para-hydroxylation sites is 1. The molecule has 0 aliphatic rings. The van der Waals surface area contributed by atoms with Crippen molar-refractivity contribution in [2.75, 3.05) is 0 Å². The summed E-state index contributed by atoms with van der Waals surface area (Å²) in [5.74, 6) is 0. The lowest BCUT2D eigenvalue weighted by Gasteiger charge is -2.03. The normalized spacial score (nSPS) is 10.9. The Morgan fingerprint density at radius 2 is 1.64 bits per heavy atom. The molecule has 2 aromatic heterocycles. The predicted molar refractivity (Wildman–Crippen MR) is 85.5 cm³/mol. The van der Waals surface area contributed by atoms with E-state index in [1.807, 2.05) is 66.7 Å². The number of hydrogen-bond donors (Lipinski definition) is 1. The van der Waals surface area contributed by atoms with Gasteiger partial charge in [-0.2, -0.15) is 0 Å². The Bertz CT molecular complexity index is 1000. The Kier molecular flexibility index (Phi) is 2.86. The van der Waals surface area contributed by atoms with E-state index in [9.17, 15) is 4.79 Å². The molecular formula is C18H12N2O2. The van der Waals surface area contributed by atoms with Crippen LogP contribution in [0.25, 0.3) is 33.4 Å².